The molecule has 6 nitrogen and oxygen atoms in total. The second-order valence-electron chi connectivity index (χ2n) is 4.70. The molecule has 2 aliphatic rings. The van der Waals surface area contributed by atoms with Crippen molar-refractivity contribution in [3.63, 3.8) is 0 Å². The van der Waals surface area contributed by atoms with E-state index in [0.29, 0.717) is 29.8 Å². The monoisotopic (exact) mass is 272 g/mol. The van der Waals surface area contributed by atoms with E-state index >= 15 is 0 Å². The van der Waals surface area contributed by atoms with E-state index in [-0.39, 0.29) is 11.8 Å². The second kappa shape index (κ2) is 4.62. The summed E-state index contributed by atoms with van der Waals surface area (Å²) in [4.78, 5) is 25.7. The van der Waals surface area contributed by atoms with E-state index in [4.69, 9.17) is 14.7 Å². The highest BCUT2D eigenvalue weighted by Gasteiger charge is 2.47. The van der Waals surface area contributed by atoms with Crippen LogP contribution in [-0.2, 0) is 14.3 Å². The highest BCUT2D eigenvalue weighted by molar-refractivity contribution is 6.20. The Morgan fingerprint density at radius 2 is 1.95 bits per heavy atom. The predicted octanol–water partition coefficient (Wildman–Crippen LogP) is 0.988. The molecule has 2 saturated heterocycles. The molecule has 2 heterocycles. The van der Waals surface area contributed by atoms with Crippen LogP contribution in [0.15, 0.2) is 18.2 Å². The number of rotatable bonds is 2. The van der Waals surface area contributed by atoms with E-state index in [9.17, 15) is 9.59 Å². The summed E-state index contributed by atoms with van der Waals surface area (Å²) in [6.45, 7) is 0. The summed E-state index contributed by atoms with van der Waals surface area (Å²) in [5.41, 5.74) is 0.767. The van der Waals surface area contributed by atoms with Gasteiger partial charge in [-0.2, -0.15) is 5.26 Å². The van der Waals surface area contributed by atoms with Crippen molar-refractivity contribution in [2.75, 3.05) is 12.0 Å². The fourth-order valence-corrected chi connectivity index (χ4v) is 2.57. The number of fused-ring (bicyclic) bond motifs is 2. The van der Waals surface area contributed by atoms with Crippen molar-refractivity contribution < 1.29 is 19.1 Å². The number of benzene rings is 1. The molecule has 6 heteroatoms. The van der Waals surface area contributed by atoms with Crippen molar-refractivity contribution in [1.29, 1.82) is 5.26 Å². The third kappa shape index (κ3) is 1.75. The SMILES string of the molecule is COc1cc(C#N)ccc1N1C(=O)C2CCC(O2)C1=O. The quantitative estimate of drug-likeness (QED) is 0.750. The van der Waals surface area contributed by atoms with Gasteiger partial charge in [-0.05, 0) is 25.0 Å². The zero-order valence-electron chi connectivity index (χ0n) is 10.8. The van der Waals surface area contributed by atoms with Crippen molar-refractivity contribution in [1.82, 2.24) is 0 Å². The molecule has 3 rings (SSSR count). The summed E-state index contributed by atoms with van der Waals surface area (Å²) in [5, 5.41) is 8.88. The lowest BCUT2D eigenvalue weighted by molar-refractivity contribution is -0.146. The zero-order valence-corrected chi connectivity index (χ0v) is 10.8. The van der Waals surface area contributed by atoms with Gasteiger partial charge in [0, 0.05) is 6.07 Å². The topological polar surface area (TPSA) is 79.6 Å². The molecule has 0 radical (unpaired) electrons. The molecule has 2 unspecified atom stereocenters. The number of nitrogens with zero attached hydrogens (tertiary/aromatic N) is 2. The van der Waals surface area contributed by atoms with Crippen LogP contribution in [0.25, 0.3) is 0 Å². The molecule has 0 aliphatic carbocycles. The summed E-state index contributed by atoms with van der Waals surface area (Å²) >= 11 is 0. The minimum Gasteiger partial charge on any atom is -0.495 e. The number of methoxy groups -OCH3 is 1. The van der Waals surface area contributed by atoms with Gasteiger partial charge in [0.1, 0.15) is 18.0 Å². The lowest BCUT2D eigenvalue weighted by Crippen LogP contribution is -2.52. The first kappa shape index (κ1) is 12.6. The molecule has 20 heavy (non-hydrogen) atoms. The van der Waals surface area contributed by atoms with Gasteiger partial charge in [0.05, 0.1) is 24.4 Å². The van der Waals surface area contributed by atoms with Gasteiger partial charge in [0.15, 0.2) is 0 Å². The molecule has 2 fully saturated rings. The Labute approximate surface area is 115 Å². The van der Waals surface area contributed by atoms with Crippen LogP contribution in [0.5, 0.6) is 5.75 Å². The van der Waals surface area contributed by atoms with Gasteiger partial charge in [-0.25, -0.2) is 4.90 Å². The Hall–Kier alpha value is -2.39. The first-order valence-corrected chi connectivity index (χ1v) is 6.27. The normalized spacial score (nSPS) is 24.7. The number of ether oxygens (including phenoxy) is 2. The van der Waals surface area contributed by atoms with Gasteiger partial charge in [-0.15, -0.1) is 0 Å². The molecule has 2 aliphatic heterocycles. The summed E-state index contributed by atoms with van der Waals surface area (Å²) < 4.78 is 10.5. The van der Waals surface area contributed by atoms with Gasteiger partial charge >= 0.3 is 0 Å². The van der Waals surface area contributed by atoms with Crippen molar-refractivity contribution in [2.45, 2.75) is 25.0 Å². The third-order valence-corrected chi connectivity index (χ3v) is 3.56. The van der Waals surface area contributed by atoms with E-state index in [1.54, 1.807) is 12.1 Å². The van der Waals surface area contributed by atoms with Gasteiger partial charge in [-0.1, -0.05) is 0 Å². The highest BCUT2D eigenvalue weighted by atomic mass is 16.5. The van der Waals surface area contributed by atoms with Gasteiger partial charge in [0.25, 0.3) is 11.8 Å². The second-order valence-corrected chi connectivity index (χ2v) is 4.70. The Morgan fingerprint density at radius 3 is 2.50 bits per heavy atom. The molecule has 2 bridgehead atoms. The van der Waals surface area contributed by atoms with Gasteiger partial charge in [-0.3, -0.25) is 9.59 Å². The number of carbonyl (C=O) groups excluding carboxylic acids is 2. The summed E-state index contributed by atoms with van der Waals surface area (Å²) in [7, 11) is 1.43. The van der Waals surface area contributed by atoms with Crippen LogP contribution in [-0.4, -0.2) is 31.1 Å². The molecular formula is C14H12N2O4. The van der Waals surface area contributed by atoms with E-state index in [2.05, 4.69) is 0 Å². The van der Waals surface area contributed by atoms with Crippen molar-refractivity contribution in [3.8, 4) is 11.8 Å². The third-order valence-electron chi connectivity index (χ3n) is 3.56. The molecule has 1 aromatic carbocycles. The first-order valence-electron chi connectivity index (χ1n) is 6.27. The van der Waals surface area contributed by atoms with Crippen LogP contribution in [0.3, 0.4) is 0 Å². The zero-order chi connectivity index (χ0) is 14.3. The maximum atomic E-state index is 12.3. The largest absolute Gasteiger partial charge is 0.495 e. The minimum absolute atomic E-state index is 0.326. The smallest absolute Gasteiger partial charge is 0.263 e. The lowest BCUT2D eigenvalue weighted by atomic mass is 10.1. The molecule has 102 valence electrons. The minimum atomic E-state index is -0.557. The standard InChI is InChI=1S/C14H12N2O4/c1-19-12-6-8(7-15)2-3-9(12)16-13(17)10-4-5-11(20-10)14(16)18/h2-3,6,10-11H,4-5H2,1H3. The predicted molar refractivity (Wildman–Crippen MR) is 68.1 cm³/mol. The molecule has 0 aromatic heterocycles. The number of hydrogen-bond acceptors (Lipinski definition) is 5. The number of carbonyl (C=O) groups is 2. The van der Waals surface area contributed by atoms with Crippen LogP contribution in [0.2, 0.25) is 0 Å². The lowest BCUT2D eigenvalue weighted by Gasteiger charge is -2.30. The molecular weight excluding hydrogens is 260 g/mol. The first-order chi connectivity index (χ1) is 9.65. The van der Waals surface area contributed by atoms with Crippen LogP contribution in [0.4, 0.5) is 5.69 Å². The summed E-state index contributed by atoms with van der Waals surface area (Å²) in [5.74, 6) is -0.412. The molecule has 0 spiro atoms. The molecule has 0 N–H and O–H groups in total. The number of imide groups is 1. The summed E-state index contributed by atoms with van der Waals surface area (Å²) in [6.07, 6.45) is 0.00499. The average molecular weight is 272 g/mol. The number of nitriles is 1. The fraction of sp³-hybridized carbons (Fsp3) is 0.357. The number of hydrogen-bond donors (Lipinski definition) is 0. The van der Waals surface area contributed by atoms with Crippen LogP contribution < -0.4 is 9.64 Å². The maximum Gasteiger partial charge on any atom is 0.263 e. The summed E-state index contributed by atoms with van der Waals surface area (Å²) in [6, 6.07) is 6.60. The van der Waals surface area contributed by atoms with Crippen LogP contribution >= 0.6 is 0 Å². The Kier molecular flexibility index (Phi) is 2.92. The van der Waals surface area contributed by atoms with E-state index < -0.39 is 12.2 Å². The molecule has 1 aromatic rings. The number of anilines is 1. The fourth-order valence-electron chi connectivity index (χ4n) is 2.57. The van der Waals surface area contributed by atoms with Gasteiger partial charge in [0.2, 0.25) is 0 Å². The van der Waals surface area contributed by atoms with E-state index in [0.717, 1.165) is 4.90 Å². The number of amides is 2. The Morgan fingerprint density at radius 1 is 1.30 bits per heavy atom. The highest BCUT2D eigenvalue weighted by Crippen LogP contribution is 2.36. The van der Waals surface area contributed by atoms with Crippen LogP contribution in [0, 0.1) is 11.3 Å². The number of morpholine rings is 1. The van der Waals surface area contributed by atoms with Crippen molar-refractivity contribution >= 4 is 17.5 Å². The maximum absolute atomic E-state index is 12.3. The Bertz CT molecular complexity index is 613. The van der Waals surface area contributed by atoms with Crippen LogP contribution in [0.1, 0.15) is 18.4 Å². The molecule has 2 atom stereocenters. The van der Waals surface area contributed by atoms with E-state index in [1.807, 2.05) is 6.07 Å². The van der Waals surface area contributed by atoms with Crippen molar-refractivity contribution in [3.05, 3.63) is 23.8 Å². The molecule has 0 saturated carbocycles. The molecule has 2 amide bonds. The van der Waals surface area contributed by atoms with Gasteiger partial charge < -0.3 is 9.47 Å². The van der Waals surface area contributed by atoms with Crippen molar-refractivity contribution in [2.24, 2.45) is 0 Å². The average Bonchev–Trinajstić information content (AvgIpc) is 2.93. The Balaban J connectivity index is 2.06. The van der Waals surface area contributed by atoms with E-state index in [1.165, 1.54) is 13.2 Å².